The molecule has 0 aromatic heterocycles. The average molecular weight is 289 g/mol. The molecule has 0 aliphatic carbocycles. The third-order valence-electron chi connectivity index (χ3n) is 3.12. The number of aryl methyl sites for hydroxylation is 1. The van der Waals surface area contributed by atoms with Gasteiger partial charge in [0.15, 0.2) is 6.61 Å². The molecular weight excluding hydrogens is 266 g/mol. The number of ether oxygens (including phenoxy) is 1. The molecule has 1 rings (SSSR count). The summed E-state index contributed by atoms with van der Waals surface area (Å²) in [6.07, 6.45) is 0.917. The van der Waals surface area contributed by atoms with Crippen LogP contribution in [0.25, 0.3) is 0 Å². The molecule has 0 unspecified atom stereocenters. The number of hydrogen-bond acceptors (Lipinski definition) is 3. The fourth-order valence-corrected chi connectivity index (χ4v) is 1.88. The molecule has 1 amide bonds. The largest absolute Gasteiger partial charge is 0.452 e. The zero-order valence-corrected chi connectivity index (χ0v) is 13.0. The summed E-state index contributed by atoms with van der Waals surface area (Å²) in [6, 6.07) is 7.21. The SMILES string of the molecule is C=C(C)CN(CC)C(=O)COC(=O)c1ccc(CC)cc1. The van der Waals surface area contributed by atoms with Crippen LogP contribution >= 0.6 is 0 Å². The first kappa shape index (κ1) is 17.0. The second kappa shape index (κ2) is 8.25. The molecular formula is C17H23NO3. The lowest BCUT2D eigenvalue weighted by atomic mass is 10.1. The smallest absolute Gasteiger partial charge is 0.338 e. The summed E-state index contributed by atoms with van der Waals surface area (Å²) >= 11 is 0. The fraction of sp³-hybridized carbons (Fsp3) is 0.412. The van der Waals surface area contributed by atoms with E-state index in [1.807, 2.05) is 32.9 Å². The van der Waals surface area contributed by atoms with Gasteiger partial charge in [-0.05, 0) is 38.0 Å². The molecule has 1 aromatic rings. The third kappa shape index (κ3) is 5.42. The molecule has 4 heteroatoms. The Morgan fingerprint density at radius 3 is 2.29 bits per heavy atom. The van der Waals surface area contributed by atoms with Gasteiger partial charge >= 0.3 is 5.97 Å². The lowest BCUT2D eigenvalue weighted by molar-refractivity contribution is -0.133. The van der Waals surface area contributed by atoms with Crippen molar-refractivity contribution in [1.29, 1.82) is 0 Å². The van der Waals surface area contributed by atoms with Crippen molar-refractivity contribution in [3.8, 4) is 0 Å². The monoisotopic (exact) mass is 289 g/mol. The zero-order chi connectivity index (χ0) is 15.8. The summed E-state index contributed by atoms with van der Waals surface area (Å²) in [7, 11) is 0. The Labute approximate surface area is 126 Å². The van der Waals surface area contributed by atoms with Gasteiger partial charge in [0.25, 0.3) is 5.91 Å². The second-order valence-electron chi connectivity index (χ2n) is 4.99. The Morgan fingerprint density at radius 1 is 1.19 bits per heavy atom. The second-order valence-corrected chi connectivity index (χ2v) is 4.99. The molecule has 0 saturated heterocycles. The fourth-order valence-electron chi connectivity index (χ4n) is 1.88. The lowest BCUT2D eigenvalue weighted by Gasteiger charge is -2.20. The van der Waals surface area contributed by atoms with E-state index < -0.39 is 5.97 Å². The van der Waals surface area contributed by atoms with E-state index in [0.717, 1.165) is 17.6 Å². The first-order chi connectivity index (χ1) is 9.97. The van der Waals surface area contributed by atoms with E-state index in [2.05, 4.69) is 6.58 Å². The van der Waals surface area contributed by atoms with Gasteiger partial charge in [0, 0.05) is 13.1 Å². The van der Waals surface area contributed by atoms with Crippen molar-refractivity contribution in [2.45, 2.75) is 27.2 Å². The van der Waals surface area contributed by atoms with E-state index in [1.54, 1.807) is 17.0 Å². The molecule has 0 aliphatic rings. The van der Waals surface area contributed by atoms with Crippen LogP contribution in [0.1, 0.15) is 36.7 Å². The number of benzene rings is 1. The number of likely N-dealkylation sites (N-methyl/N-ethyl adjacent to an activating group) is 1. The Hall–Kier alpha value is -2.10. The molecule has 114 valence electrons. The molecule has 0 aliphatic heterocycles. The van der Waals surface area contributed by atoms with Gasteiger partial charge in [0.2, 0.25) is 0 Å². The average Bonchev–Trinajstić information content (AvgIpc) is 2.49. The zero-order valence-electron chi connectivity index (χ0n) is 13.0. The first-order valence-corrected chi connectivity index (χ1v) is 7.16. The quantitative estimate of drug-likeness (QED) is 0.573. The van der Waals surface area contributed by atoms with E-state index in [-0.39, 0.29) is 12.5 Å². The maximum atomic E-state index is 12.0. The molecule has 0 atom stereocenters. The number of rotatable bonds is 7. The maximum absolute atomic E-state index is 12.0. The van der Waals surface area contributed by atoms with Crippen LogP contribution in [0.4, 0.5) is 0 Å². The Morgan fingerprint density at radius 2 is 1.81 bits per heavy atom. The summed E-state index contributed by atoms with van der Waals surface area (Å²) in [5.74, 6) is -0.684. The van der Waals surface area contributed by atoms with Crippen molar-refractivity contribution in [1.82, 2.24) is 4.90 Å². The Kier molecular flexibility index (Phi) is 6.66. The number of amides is 1. The van der Waals surface area contributed by atoms with Gasteiger partial charge in [0.05, 0.1) is 5.56 Å². The van der Waals surface area contributed by atoms with Crippen molar-refractivity contribution in [2.24, 2.45) is 0 Å². The highest BCUT2D eigenvalue weighted by Gasteiger charge is 2.15. The molecule has 4 nitrogen and oxygen atoms in total. The molecule has 1 aromatic carbocycles. The topological polar surface area (TPSA) is 46.6 Å². The minimum Gasteiger partial charge on any atom is -0.452 e. The summed E-state index contributed by atoms with van der Waals surface area (Å²) in [4.78, 5) is 25.4. The normalized spacial score (nSPS) is 10.0. The van der Waals surface area contributed by atoms with Gasteiger partial charge in [0.1, 0.15) is 0 Å². The van der Waals surface area contributed by atoms with Crippen LogP contribution in [0.2, 0.25) is 0 Å². The van der Waals surface area contributed by atoms with E-state index >= 15 is 0 Å². The number of carbonyl (C=O) groups is 2. The van der Waals surface area contributed by atoms with Gasteiger partial charge in [-0.2, -0.15) is 0 Å². The van der Waals surface area contributed by atoms with Crippen LogP contribution in [0, 0.1) is 0 Å². The third-order valence-corrected chi connectivity index (χ3v) is 3.12. The van der Waals surface area contributed by atoms with Gasteiger partial charge in [-0.25, -0.2) is 4.79 Å². The number of hydrogen-bond donors (Lipinski definition) is 0. The van der Waals surface area contributed by atoms with Crippen molar-refractivity contribution in [3.63, 3.8) is 0 Å². The van der Waals surface area contributed by atoms with E-state index in [4.69, 9.17) is 4.74 Å². The number of carbonyl (C=O) groups excluding carboxylic acids is 2. The predicted molar refractivity (Wildman–Crippen MR) is 83.2 cm³/mol. The summed E-state index contributed by atoms with van der Waals surface area (Å²) < 4.78 is 5.07. The van der Waals surface area contributed by atoms with Crippen LogP contribution in [0.5, 0.6) is 0 Å². The summed E-state index contributed by atoms with van der Waals surface area (Å²) in [5.41, 5.74) is 2.51. The van der Waals surface area contributed by atoms with Crippen LogP contribution in [-0.2, 0) is 16.0 Å². The standard InChI is InChI=1S/C17H23NO3/c1-5-14-7-9-15(10-8-14)17(20)21-12-16(19)18(6-2)11-13(3)4/h7-10H,3,5-6,11-12H2,1-2,4H3. The van der Waals surface area contributed by atoms with E-state index in [1.165, 1.54) is 0 Å². The van der Waals surface area contributed by atoms with Crippen LogP contribution in [0.3, 0.4) is 0 Å². The predicted octanol–water partition coefficient (Wildman–Crippen LogP) is 2.83. The van der Waals surface area contributed by atoms with Crippen molar-refractivity contribution in [3.05, 3.63) is 47.5 Å². The van der Waals surface area contributed by atoms with Crippen molar-refractivity contribution < 1.29 is 14.3 Å². The molecule has 0 fully saturated rings. The molecule has 0 heterocycles. The van der Waals surface area contributed by atoms with E-state index in [9.17, 15) is 9.59 Å². The Bertz CT molecular complexity index is 505. The summed E-state index contributed by atoms with van der Waals surface area (Å²) in [5, 5.41) is 0. The van der Waals surface area contributed by atoms with E-state index in [0.29, 0.717) is 18.7 Å². The van der Waals surface area contributed by atoms with Gasteiger partial charge < -0.3 is 9.64 Å². The van der Waals surface area contributed by atoms with Gasteiger partial charge in [-0.1, -0.05) is 31.2 Å². The minimum absolute atomic E-state index is 0.209. The molecule has 0 N–H and O–H groups in total. The first-order valence-electron chi connectivity index (χ1n) is 7.16. The lowest BCUT2D eigenvalue weighted by Crippen LogP contribution is -2.35. The maximum Gasteiger partial charge on any atom is 0.338 e. The van der Waals surface area contributed by atoms with Crippen LogP contribution < -0.4 is 0 Å². The number of esters is 1. The minimum atomic E-state index is -0.475. The van der Waals surface area contributed by atoms with Crippen molar-refractivity contribution >= 4 is 11.9 Å². The molecule has 0 bridgehead atoms. The molecule has 0 spiro atoms. The molecule has 21 heavy (non-hydrogen) atoms. The van der Waals surface area contributed by atoms with Crippen molar-refractivity contribution in [2.75, 3.05) is 19.7 Å². The van der Waals surface area contributed by atoms with Gasteiger partial charge in [-0.15, -0.1) is 0 Å². The van der Waals surface area contributed by atoms with Gasteiger partial charge in [-0.3, -0.25) is 4.79 Å². The highest BCUT2D eigenvalue weighted by atomic mass is 16.5. The highest BCUT2D eigenvalue weighted by molar-refractivity contribution is 5.91. The summed E-state index contributed by atoms with van der Waals surface area (Å²) in [6.45, 7) is 10.4. The molecule has 0 saturated carbocycles. The number of nitrogens with zero attached hydrogens (tertiary/aromatic N) is 1. The molecule has 0 radical (unpaired) electrons. The van der Waals surface area contributed by atoms with Crippen LogP contribution in [0.15, 0.2) is 36.4 Å². The highest BCUT2D eigenvalue weighted by Crippen LogP contribution is 2.07. The Balaban J connectivity index is 2.54. The van der Waals surface area contributed by atoms with Crippen LogP contribution in [-0.4, -0.2) is 36.5 Å².